The average molecular weight is 361 g/mol. The molecule has 2 aliphatic rings. The number of aromatic amines is 1. The van der Waals surface area contributed by atoms with Crippen LogP contribution < -0.4 is 5.32 Å². The highest BCUT2D eigenvalue weighted by Gasteiger charge is 2.42. The number of nitrogens with one attached hydrogen (secondary N) is 2. The molecule has 2 aliphatic heterocycles. The molecular weight excluding hydrogens is 334 g/mol. The molecule has 0 bridgehead atoms. The van der Waals surface area contributed by atoms with Crippen molar-refractivity contribution in [2.75, 3.05) is 32.7 Å². The molecule has 8 nitrogen and oxygen atoms in total. The Bertz CT molecular complexity index is 660. The fraction of sp³-hybridized carbons (Fsp3) is 0.667. The molecule has 1 aromatic heterocycles. The number of hydrogen-bond donors (Lipinski definition) is 2. The summed E-state index contributed by atoms with van der Waals surface area (Å²) < 4.78 is 0. The smallest absolute Gasteiger partial charge is 0.241 e. The fourth-order valence-electron chi connectivity index (χ4n) is 4.05. The lowest BCUT2D eigenvalue weighted by Crippen LogP contribution is -2.56. The van der Waals surface area contributed by atoms with Gasteiger partial charge in [0.25, 0.3) is 0 Å². The van der Waals surface area contributed by atoms with Crippen LogP contribution in [0.5, 0.6) is 0 Å². The monoisotopic (exact) mass is 361 g/mol. The van der Waals surface area contributed by atoms with Crippen LogP contribution in [0.4, 0.5) is 0 Å². The number of aromatic nitrogens is 2. The van der Waals surface area contributed by atoms with E-state index in [0.717, 1.165) is 37.9 Å². The second-order valence-corrected chi connectivity index (χ2v) is 7.47. The van der Waals surface area contributed by atoms with E-state index in [1.165, 1.54) is 6.92 Å². The molecule has 2 N–H and O–H groups in total. The zero-order valence-corrected chi connectivity index (χ0v) is 15.3. The largest absolute Gasteiger partial charge is 0.348 e. The Morgan fingerprint density at radius 1 is 1.35 bits per heavy atom. The van der Waals surface area contributed by atoms with Crippen molar-refractivity contribution < 1.29 is 14.4 Å². The minimum atomic E-state index is -0.196. The summed E-state index contributed by atoms with van der Waals surface area (Å²) in [5, 5.41) is 2.58. The SMILES string of the molecule is CC(=O)NCC(=O)N1CCCC2(CCC(=O)N(CCc3cnc[nH]3)C2)C1. The summed E-state index contributed by atoms with van der Waals surface area (Å²) in [6.07, 6.45) is 7.53. The fourth-order valence-corrected chi connectivity index (χ4v) is 4.05. The van der Waals surface area contributed by atoms with Crippen molar-refractivity contribution in [1.29, 1.82) is 0 Å². The molecule has 142 valence electrons. The molecule has 0 aliphatic carbocycles. The molecule has 1 unspecified atom stereocenters. The first-order valence-corrected chi connectivity index (χ1v) is 9.25. The summed E-state index contributed by atoms with van der Waals surface area (Å²) in [5.74, 6) is -0.0460. The van der Waals surface area contributed by atoms with Crippen molar-refractivity contribution in [3.8, 4) is 0 Å². The van der Waals surface area contributed by atoms with Crippen molar-refractivity contribution in [3.63, 3.8) is 0 Å². The molecule has 1 atom stereocenters. The van der Waals surface area contributed by atoms with Gasteiger partial charge in [-0.3, -0.25) is 14.4 Å². The lowest BCUT2D eigenvalue weighted by molar-refractivity contribution is -0.143. The maximum atomic E-state index is 12.4. The standard InChI is InChI=1S/C18H27N5O3/c1-14(24)20-10-17(26)22-7-2-5-18(11-22)6-3-16(25)23(12-18)8-4-15-9-19-13-21-15/h9,13H,2-8,10-12H2,1H3,(H,19,21)(H,20,24). The zero-order chi connectivity index (χ0) is 18.6. The average Bonchev–Trinajstić information content (AvgIpc) is 3.14. The summed E-state index contributed by atoms with van der Waals surface area (Å²) in [6.45, 7) is 4.22. The van der Waals surface area contributed by atoms with Crippen LogP contribution >= 0.6 is 0 Å². The van der Waals surface area contributed by atoms with Crippen LogP contribution in [0.25, 0.3) is 0 Å². The normalized spacial score (nSPS) is 23.3. The number of piperidine rings is 2. The third kappa shape index (κ3) is 4.42. The number of amides is 3. The second kappa shape index (κ2) is 7.88. The van der Waals surface area contributed by atoms with E-state index in [1.54, 1.807) is 12.5 Å². The Balaban J connectivity index is 1.59. The van der Waals surface area contributed by atoms with Crippen molar-refractivity contribution in [3.05, 3.63) is 18.2 Å². The molecular formula is C18H27N5O3. The van der Waals surface area contributed by atoms with Gasteiger partial charge in [0, 0.05) is 63.3 Å². The van der Waals surface area contributed by atoms with E-state index in [4.69, 9.17) is 0 Å². The topological polar surface area (TPSA) is 98.4 Å². The number of nitrogens with zero attached hydrogens (tertiary/aromatic N) is 3. The van der Waals surface area contributed by atoms with Crippen molar-refractivity contribution in [1.82, 2.24) is 25.1 Å². The Morgan fingerprint density at radius 2 is 2.19 bits per heavy atom. The van der Waals surface area contributed by atoms with Crippen LogP contribution in [-0.2, 0) is 20.8 Å². The summed E-state index contributed by atoms with van der Waals surface area (Å²) in [5.41, 5.74) is 1.000. The van der Waals surface area contributed by atoms with E-state index >= 15 is 0 Å². The molecule has 8 heteroatoms. The van der Waals surface area contributed by atoms with Crippen LogP contribution in [0.2, 0.25) is 0 Å². The number of imidazole rings is 1. The predicted octanol–water partition coefficient (Wildman–Crippen LogP) is 0.320. The van der Waals surface area contributed by atoms with Crippen LogP contribution in [0.3, 0.4) is 0 Å². The first-order valence-electron chi connectivity index (χ1n) is 9.25. The van der Waals surface area contributed by atoms with Gasteiger partial charge in [-0.15, -0.1) is 0 Å². The summed E-state index contributed by atoms with van der Waals surface area (Å²) in [6, 6.07) is 0. The van der Waals surface area contributed by atoms with Crippen LogP contribution in [0.15, 0.2) is 12.5 Å². The van der Waals surface area contributed by atoms with Gasteiger partial charge >= 0.3 is 0 Å². The third-order valence-corrected chi connectivity index (χ3v) is 5.46. The first-order chi connectivity index (χ1) is 12.5. The number of likely N-dealkylation sites (tertiary alicyclic amines) is 2. The number of hydrogen-bond acceptors (Lipinski definition) is 4. The Hall–Kier alpha value is -2.38. The van der Waals surface area contributed by atoms with Crippen LogP contribution in [0, 0.1) is 5.41 Å². The molecule has 2 fully saturated rings. The van der Waals surface area contributed by atoms with E-state index in [0.29, 0.717) is 26.1 Å². The van der Waals surface area contributed by atoms with Crippen molar-refractivity contribution >= 4 is 17.7 Å². The van der Waals surface area contributed by atoms with Gasteiger partial charge in [0.05, 0.1) is 12.9 Å². The van der Waals surface area contributed by atoms with Crippen molar-refractivity contribution in [2.24, 2.45) is 5.41 Å². The van der Waals surface area contributed by atoms with E-state index in [1.807, 2.05) is 9.80 Å². The van der Waals surface area contributed by atoms with Crippen LogP contribution in [-0.4, -0.2) is 70.2 Å². The van der Waals surface area contributed by atoms with Gasteiger partial charge in [-0.2, -0.15) is 0 Å². The molecule has 3 amide bonds. The molecule has 0 radical (unpaired) electrons. The minimum absolute atomic E-state index is 0.0218. The Labute approximate surface area is 153 Å². The highest BCUT2D eigenvalue weighted by Crippen LogP contribution is 2.38. The lowest BCUT2D eigenvalue weighted by atomic mass is 9.73. The molecule has 26 heavy (non-hydrogen) atoms. The number of H-pyrrole nitrogens is 1. The van der Waals surface area contributed by atoms with E-state index in [-0.39, 0.29) is 29.7 Å². The molecule has 1 aromatic rings. The van der Waals surface area contributed by atoms with Crippen molar-refractivity contribution in [2.45, 2.75) is 39.0 Å². The van der Waals surface area contributed by atoms with Gasteiger partial charge in [0.1, 0.15) is 0 Å². The lowest BCUT2D eigenvalue weighted by Gasteiger charge is -2.48. The number of carbonyl (C=O) groups is 3. The summed E-state index contributed by atoms with van der Waals surface area (Å²) in [4.78, 5) is 46.6. The minimum Gasteiger partial charge on any atom is -0.348 e. The quantitative estimate of drug-likeness (QED) is 0.789. The van der Waals surface area contributed by atoms with Gasteiger partial charge in [-0.25, -0.2) is 4.98 Å². The first kappa shape index (κ1) is 18.4. The van der Waals surface area contributed by atoms with Gasteiger partial charge in [0.2, 0.25) is 17.7 Å². The third-order valence-electron chi connectivity index (χ3n) is 5.46. The number of carbonyl (C=O) groups excluding carboxylic acids is 3. The van der Waals surface area contributed by atoms with E-state index in [9.17, 15) is 14.4 Å². The molecule has 3 rings (SSSR count). The number of rotatable bonds is 5. The van der Waals surface area contributed by atoms with Crippen LogP contribution in [0.1, 0.15) is 38.3 Å². The molecule has 0 aromatic carbocycles. The van der Waals surface area contributed by atoms with Gasteiger partial charge in [-0.05, 0) is 19.3 Å². The van der Waals surface area contributed by atoms with Gasteiger partial charge in [0.15, 0.2) is 0 Å². The highest BCUT2D eigenvalue weighted by atomic mass is 16.2. The zero-order valence-electron chi connectivity index (χ0n) is 15.3. The summed E-state index contributed by atoms with van der Waals surface area (Å²) in [7, 11) is 0. The van der Waals surface area contributed by atoms with E-state index in [2.05, 4.69) is 15.3 Å². The Morgan fingerprint density at radius 3 is 2.92 bits per heavy atom. The predicted molar refractivity (Wildman–Crippen MR) is 95.0 cm³/mol. The molecule has 1 spiro atoms. The molecule has 0 saturated carbocycles. The van der Waals surface area contributed by atoms with E-state index < -0.39 is 0 Å². The highest BCUT2D eigenvalue weighted by molar-refractivity contribution is 5.84. The van der Waals surface area contributed by atoms with Gasteiger partial charge in [-0.1, -0.05) is 0 Å². The molecule has 2 saturated heterocycles. The summed E-state index contributed by atoms with van der Waals surface area (Å²) >= 11 is 0. The molecule has 3 heterocycles. The van der Waals surface area contributed by atoms with Gasteiger partial charge < -0.3 is 20.1 Å². The maximum Gasteiger partial charge on any atom is 0.241 e. The Kier molecular flexibility index (Phi) is 5.58. The second-order valence-electron chi connectivity index (χ2n) is 7.47. The maximum absolute atomic E-state index is 12.4.